The fourth-order valence-corrected chi connectivity index (χ4v) is 3.79. The predicted octanol–water partition coefficient (Wildman–Crippen LogP) is 5.65. The summed E-state index contributed by atoms with van der Waals surface area (Å²) in [6.07, 6.45) is 3.11. The average Bonchev–Trinajstić information content (AvgIpc) is 3.34. The van der Waals surface area contributed by atoms with Gasteiger partial charge in [-0.05, 0) is 30.3 Å². The fourth-order valence-electron chi connectivity index (χ4n) is 2.58. The number of amides is 1. The molecule has 9 heteroatoms. The Morgan fingerprint density at radius 1 is 1.11 bits per heavy atom. The lowest BCUT2D eigenvalue weighted by Crippen LogP contribution is -2.15. The van der Waals surface area contributed by atoms with E-state index >= 15 is 0 Å². The van der Waals surface area contributed by atoms with E-state index in [2.05, 4.69) is 15.5 Å². The molecule has 3 heterocycles. The largest absolute Gasteiger partial charge is 0.356 e. The molecule has 0 unspecified atom stereocenters. The summed E-state index contributed by atoms with van der Waals surface area (Å²) in [7, 11) is 0. The van der Waals surface area contributed by atoms with Crippen LogP contribution in [-0.2, 0) is 0 Å². The Morgan fingerprint density at radius 3 is 2.61 bits per heavy atom. The van der Waals surface area contributed by atoms with E-state index in [1.54, 1.807) is 36.5 Å². The Balaban J connectivity index is 1.62. The van der Waals surface area contributed by atoms with Gasteiger partial charge in [0.2, 0.25) is 0 Å². The SMILES string of the molecule is O=C(Nc1ccc(-c2cc(-c3ccno3)ccc2Cl)s1)c1c(F)cncc1F. The second-order valence-corrected chi connectivity index (χ2v) is 7.16. The topological polar surface area (TPSA) is 68.0 Å². The summed E-state index contributed by atoms with van der Waals surface area (Å²) in [5.41, 5.74) is 0.828. The number of carbonyl (C=O) groups excluding carboxylic acids is 1. The van der Waals surface area contributed by atoms with Gasteiger partial charge in [-0.1, -0.05) is 16.8 Å². The molecule has 4 aromatic rings. The quantitative estimate of drug-likeness (QED) is 0.466. The number of hydrogen-bond donors (Lipinski definition) is 1. The van der Waals surface area contributed by atoms with Crippen molar-refractivity contribution in [2.24, 2.45) is 0 Å². The van der Waals surface area contributed by atoms with Gasteiger partial charge in [0.05, 0.1) is 23.6 Å². The van der Waals surface area contributed by atoms with Crippen molar-refractivity contribution in [3.63, 3.8) is 0 Å². The number of rotatable bonds is 4. The average molecular weight is 418 g/mol. The van der Waals surface area contributed by atoms with E-state index in [1.165, 1.54) is 11.3 Å². The molecule has 3 aromatic heterocycles. The van der Waals surface area contributed by atoms with Gasteiger partial charge in [-0.2, -0.15) is 0 Å². The maximum atomic E-state index is 13.7. The molecule has 28 heavy (non-hydrogen) atoms. The minimum absolute atomic E-state index is 0.414. The van der Waals surface area contributed by atoms with Crippen LogP contribution in [0.5, 0.6) is 0 Å². The highest BCUT2D eigenvalue weighted by Crippen LogP contribution is 2.38. The number of carbonyl (C=O) groups is 1. The number of hydrogen-bond acceptors (Lipinski definition) is 5. The van der Waals surface area contributed by atoms with Crippen LogP contribution in [0.2, 0.25) is 5.02 Å². The molecule has 1 aromatic carbocycles. The van der Waals surface area contributed by atoms with E-state index in [-0.39, 0.29) is 0 Å². The lowest BCUT2D eigenvalue weighted by atomic mass is 10.1. The van der Waals surface area contributed by atoms with Gasteiger partial charge in [0.25, 0.3) is 5.91 Å². The number of anilines is 1. The first-order chi connectivity index (χ1) is 13.5. The molecule has 0 aliphatic carbocycles. The van der Waals surface area contributed by atoms with Crippen LogP contribution in [0.3, 0.4) is 0 Å². The third kappa shape index (κ3) is 3.51. The number of benzene rings is 1. The van der Waals surface area contributed by atoms with Crippen LogP contribution >= 0.6 is 22.9 Å². The molecule has 0 saturated heterocycles. The zero-order valence-electron chi connectivity index (χ0n) is 13.9. The summed E-state index contributed by atoms with van der Waals surface area (Å²) < 4.78 is 32.6. The highest BCUT2D eigenvalue weighted by Gasteiger charge is 2.19. The lowest BCUT2D eigenvalue weighted by Gasteiger charge is -2.05. The smallest absolute Gasteiger partial charge is 0.262 e. The maximum Gasteiger partial charge on any atom is 0.262 e. The van der Waals surface area contributed by atoms with Crippen LogP contribution in [0.15, 0.2) is 59.5 Å². The van der Waals surface area contributed by atoms with Crippen LogP contribution in [0.4, 0.5) is 13.8 Å². The molecule has 5 nitrogen and oxygen atoms in total. The third-order valence-corrected chi connectivity index (χ3v) is 5.24. The first-order valence-corrected chi connectivity index (χ1v) is 9.13. The molecule has 0 aliphatic rings. The summed E-state index contributed by atoms with van der Waals surface area (Å²) in [6, 6.07) is 10.5. The highest BCUT2D eigenvalue weighted by atomic mass is 35.5. The highest BCUT2D eigenvalue weighted by molar-refractivity contribution is 7.19. The molecule has 1 N–H and O–H groups in total. The van der Waals surface area contributed by atoms with Crippen molar-refractivity contribution in [3.8, 4) is 21.8 Å². The van der Waals surface area contributed by atoms with Gasteiger partial charge in [0.15, 0.2) is 17.4 Å². The first kappa shape index (κ1) is 18.3. The Labute approximate surface area is 166 Å². The zero-order chi connectivity index (χ0) is 19.7. The van der Waals surface area contributed by atoms with Gasteiger partial charge in [-0.25, -0.2) is 8.78 Å². The van der Waals surface area contributed by atoms with E-state index in [9.17, 15) is 13.6 Å². The fraction of sp³-hybridized carbons (Fsp3) is 0. The number of nitrogens with one attached hydrogen (secondary N) is 1. The van der Waals surface area contributed by atoms with E-state index in [4.69, 9.17) is 16.1 Å². The van der Waals surface area contributed by atoms with Crippen LogP contribution in [-0.4, -0.2) is 16.0 Å². The van der Waals surface area contributed by atoms with Crippen molar-refractivity contribution in [1.29, 1.82) is 0 Å². The molecule has 4 rings (SSSR count). The normalized spacial score (nSPS) is 10.8. The second-order valence-electron chi connectivity index (χ2n) is 5.67. The molecule has 140 valence electrons. The predicted molar refractivity (Wildman–Crippen MR) is 102 cm³/mol. The second kappa shape index (κ2) is 7.49. The van der Waals surface area contributed by atoms with Crippen molar-refractivity contribution in [2.75, 3.05) is 5.32 Å². The minimum atomic E-state index is -1.03. The van der Waals surface area contributed by atoms with Gasteiger partial charge >= 0.3 is 0 Å². The number of aromatic nitrogens is 2. The summed E-state index contributed by atoms with van der Waals surface area (Å²) in [4.78, 5) is 16.3. The number of pyridine rings is 1. The van der Waals surface area contributed by atoms with Crippen LogP contribution in [0.1, 0.15) is 10.4 Å². The Hall–Kier alpha value is -3.10. The van der Waals surface area contributed by atoms with Crippen molar-refractivity contribution >= 4 is 33.8 Å². The zero-order valence-corrected chi connectivity index (χ0v) is 15.5. The van der Waals surface area contributed by atoms with Crippen LogP contribution in [0, 0.1) is 11.6 Å². The molecule has 0 spiro atoms. The van der Waals surface area contributed by atoms with Gasteiger partial charge in [0.1, 0.15) is 5.56 Å². The molecule has 0 aliphatic heterocycles. The summed E-state index contributed by atoms with van der Waals surface area (Å²) in [5.74, 6) is -2.37. The van der Waals surface area contributed by atoms with E-state index < -0.39 is 23.1 Å². The summed E-state index contributed by atoms with van der Waals surface area (Å²) in [6.45, 7) is 0. The van der Waals surface area contributed by atoms with Crippen LogP contribution < -0.4 is 5.32 Å². The Morgan fingerprint density at radius 2 is 1.89 bits per heavy atom. The standard InChI is InChI=1S/C19H10ClF2N3O2S/c20-12-2-1-10(15-5-6-24-27-15)7-11(12)16-3-4-17(28-16)25-19(26)18-13(21)8-23-9-14(18)22/h1-9H,(H,25,26). The maximum absolute atomic E-state index is 13.7. The summed E-state index contributed by atoms with van der Waals surface area (Å²) in [5, 5.41) is 7.10. The lowest BCUT2D eigenvalue weighted by molar-refractivity contribution is 0.101. The van der Waals surface area contributed by atoms with E-state index in [1.807, 2.05) is 6.07 Å². The van der Waals surface area contributed by atoms with Crippen molar-refractivity contribution in [2.45, 2.75) is 0 Å². The van der Waals surface area contributed by atoms with E-state index in [0.717, 1.165) is 28.4 Å². The minimum Gasteiger partial charge on any atom is -0.356 e. The van der Waals surface area contributed by atoms with Crippen molar-refractivity contribution in [1.82, 2.24) is 10.1 Å². The molecule has 0 fully saturated rings. The Kier molecular flexibility index (Phi) is 4.89. The van der Waals surface area contributed by atoms with Gasteiger partial charge in [-0.3, -0.25) is 9.78 Å². The summed E-state index contributed by atoms with van der Waals surface area (Å²) >= 11 is 7.53. The molecule has 0 radical (unpaired) electrons. The van der Waals surface area contributed by atoms with Gasteiger partial charge in [-0.15, -0.1) is 11.3 Å². The van der Waals surface area contributed by atoms with E-state index in [0.29, 0.717) is 15.8 Å². The van der Waals surface area contributed by atoms with Crippen molar-refractivity contribution in [3.05, 3.63) is 77.2 Å². The first-order valence-electron chi connectivity index (χ1n) is 7.94. The molecule has 1 amide bonds. The van der Waals surface area contributed by atoms with Crippen molar-refractivity contribution < 1.29 is 18.1 Å². The van der Waals surface area contributed by atoms with Gasteiger partial charge < -0.3 is 9.84 Å². The molecule has 0 bridgehead atoms. The number of halogens is 3. The number of thiophene rings is 1. The molecular weight excluding hydrogens is 408 g/mol. The molecular formula is C19H10ClF2N3O2S. The van der Waals surface area contributed by atoms with Crippen LogP contribution in [0.25, 0.3) is 21.8 Å². The third-order valence-electron chi connectivity index (χ3n) is 3.88. The number of nitrogens with zero attached hydrogens (tertiary/aromatic N) is 2. The molecule has 0 atom stereocenters. The van der Waals surface area contributed by atoms with Gasteiger partial charge in [0, 0.05) is 27.1 Å². The monoisotopic (exact) mass is 417 g/mol. The Bertz CT molecular complexity index is 1140. The molecule has 0 saturated carbocycles.